The molecule has 0 aliphatic carbocycles. The van der Waals surface area contributed by atoms with Gasteiger partial charge in [-0.25, -0.2) is 8.78 Å². The summed E-state index contributed by atoms with van der Waals surface area (Å²) in [6, 6.07) is 14.8. The number of nitrogens with zero attached hydrogens (tertiary/aromatic N) is 4. The van der Waals surface area contributed by atoms with Crippen molar-refractivity contribution in [2.24, 2.45) is 0 Å². The largest absolute Gasteiger partial charge is 0.306 e. The minimum Gasteiger partial charge on any atom is -0.306 e. The highest BCUT2D eigenvalue weighted by Crippen LogP contribution is 2.49. The Bertz CT molecular complexity index is 2000. The third-order valence-electron chi connectivity index (χ3n) is 11.0. The van der Waals surface area contributed by atoms with Crippen LogP contribution in [0.5, 0.6) is 0 Å². The van der Waals surface area contributed by atoms with Gasteiger partial charge in [0.15, 0.2) is 0 Å². The van der Waals surface area contributed by atoms with Crippen LogP contribution in [0.2, 0.25) is 9.36 Å². The first-order chi connectivity index (χ1) is 25.1. The van der Waals surface area contributed by atoms with Gasteiger partial charge in [-0.15, -0.1) is 35.8 Å². The van der Waals surface area contributed by atoms with Gasteiger partial charge in [-0.3, -0.25) is 19.4 Å². The van der Waals surface area contributed by atoms with Crippen LogP contribution in [0.4, 0.5) is 20.2 Å². The number of anilines is 2. The van der Waals surface area contributed by atoms with Gasteiger partial charge < -0.3 is 9.80 Å². The predicted molar refractivity (Wildman–Crippen MR) is 210 cm³/mol. The van der Waals surface area contributed by atoms with Crippen LogP contribution in [-0.4, -0.2) is 74.0 Å². The van der Waals surface area contributed by atoms with Gasteiger partial charge in [-0.05, 0) is 123 Å². The number of hydrogen-bond acceptors (Lipinski definition) is 6. The topological polar surface area (TPSA) is 47.1 Å². The molecule has 6 nitrogen and oxygen atoms in total. The van der Waals surface area contributed by atoms with Crippen LogP contribution in [0.25, 0.3) is 0 Å². The molecular formula is C40H40Cl2F2N4O2S2. The van der Waals surface area contributed by atoms with Gasteiger partial charge >= 0.3 is 0 Å². The number of rotatable bonds is 6. The molecule has 2 saturated heterocycles. The molecule has 12 heteroatoms. The zero-order valence-corrected chi connectivity index (χ0v) is 31.9. The van der Waals surface area contributed by atoms with E-state index in [2.05, 4.69) is 23.0 Å². The molecule has 0 saturated carbocycles. The average Bonchev–Trinajstić information content (AvgIpc) is 3.92. The van der Waals surface area contributed by atoms with Crippen molar-refractivity contribution in [1.82, 2.24) is 9.80 Å². The first-order valence-corrected chi connectivity index (χ1v) is 19.9. The van der Waals surface area contributed by atoms with Crippen molar-refractivity contribution in [3.63, 3.8) is 0 Å². The van der Waals surface area contributed by atoms with Crippen LogP contribution in [0.15, 0.2) is 85.3 Å². The summed E-state index contributed by atoms with van der Waals surface area (Å²) in [6.45, 7) is 14.2. The normalized spacial score (nSPS) is 18.9. The van der Waals surface area contributed by atoms with E-state index in [9.17, 15) is 18.4 Å². The summed E-state index contributed by atoms with van der Waals surface area (Å²) < 4.78 is 28.6. The number of carbonyl (C=O) groups excluding carboxylic acids is 2. The minimum absolute atomic E-state index is 0.0554. The average molecular weight is 782 g/mol. The number of benzene rings is 2. The van der Waals surface area contributed by atoms with Crippen molar-refractivity contribution < 1.29 is 18.4 Å². The first-order valence-electron chi connectivity index (χ1n) is 17.4. The molecule has 2 aromatic carbocycles. The van der Waals surface area contributed by atoms with Crippen LogP contribution in [-0.2, 0) is 10.8 Å². The van der Waals surface area contributed by atoms with Gasteiger partial charge in [0.05, 0.1) is 14.2 Å². The maximum Gasteiger partial charge on any atom is 0.269 e. The molecule has 0 atom stereocenters. The zero-order valence-electron chi connectivity index (χ0n) is 28.8. The number of amides is 2. The lowest BCUT2D eigenvalue weighted by Crippen LogP contribution is -2.46. The molecule has 6 heterocycles. The summed E-state index contributed by atoms with van der Waals surface area (Å²) in [5.41, 5.74) is 3.21. The molecule has 272 valence electrons. The minimum atomic E-state index is -0.250. The highest BCUT2D eigenvalue weighted by atomic mass is 35.5. The second-order valence-electron chi connectivity index (χ2n) is 14.0. The van der Waals surface area contributed by atoms with Crippen molar-refractivity contribution in [1.29, 1.82) is 0 Å². The standard InChI is InChI=1S/2C20H20ClFN2OS/c1-2-8-23-9-6-20(7-10-23)13-24(17-4-3-14(22)12-15(17)20)19(25)18-16(21)5-11-26-18;1-2-9-23-10-7-20(8-11-23)13-24(16-4-3-14(22)12-15(16)20)19(25)17-5-6-18(21)26-17/h2-5,11-12H,1,6-10,13H2;2-6,12H,1,7-11,13H2. The molecule has 4 aliphatic rings. The summed E-state index contributed by atoms with van der Waals surface area (Å²) >= 11 is 14.8. The molecule has 2 amide bonds. The van der Waals surface area contributed by atoms with Gasteiger partial charge in [0.1, 0.15) is 16.5 Å². The van der Waals surface area contributed by atoms with E-state index in [-0.39, 0.29) is 34.3 Å². The quantitative estimate of drug-likeness (QED) is 0.183. The lowest BCUT2D eigenvalue weighted by atomic mass is 9.74. The van der Waals surface area contributed by atoms with E-state index in [1.165, 1.54) is 34.8 Å². The molecule has 4 aromatic rings. The number of thiophene rings is 2. The zero-order chi connectivity index (χ0) is 36.6. The van der Waals surface area contributed by atoms with Crippen LogP contribution in [0.1, 0.15) is 56.2 Å². The number of fused-ring (bicyclic) bond motifs is 4. The van der Waals surface area contributed by atoms with Crippen molar-refractivity contribution in [3.05, 3.63) is 127 Å². The van der Waals surface area contributed by atoms with Gasteiger partial charge in [0.25, 0.3) is 11.8 Å². The Kier molecular flexibility index (Phi) is 10.8. The van der Waals surface area contributed by atoms with E-state index < -0.39 is 0 Å². The van der Waals surface area contributed by atoms with Crippen LogP contribution in [0, 0.1) is 11.6 Å². The summed E-state index contributed by atoms with van der Waals surface area (Å²) in [6.07, 6.45) is 7.45. The number of piperidine rings is 2. The van der Waals surface area contributed by atoms with Crippen LogP contribution < -0.4 is 9.80 Å². The monoisotopic (exact) mass is 780 g/mol. The van der Waals surface area contributed by atoms with Gasteiger partial charge in [0, 0.05) is 48.4 Å². The SMILES string of the molecule is C=CCN1CCC2(CC1)CN(C(=O)c1ccc(Cl)s1)c1ccc(F)cc12.C=CCN1CCC2(CC1)CN(C(=O)c1sccc1Cl)c1ccc(F)cc12. The summed E-state index contributed by atoms with van der Waals surface area (Å²) in [7, 11) is 0. The number of hydrogen-bond donors (Lipinski definition) is 0. The number of carbonyl (C=O) groups is 2. The fourth-order valence-electron chi connectivity index (χ4n) is 8.32. The van der Waals surface area contributed by atoms with E-state index in [1.54, 1.807) is 52.3 Å². The maximum atomic E-state index is 14.0. The number of halogens is 4. The highest BCUT2D eigenvalue weighted by Gasteiger charge is 2.48. The van der Waals surface area contributed by atoms with Crippen LogP contribution in [0.3, 0.4) is 0 Å². The van der Waals surface area contributed by atoms with Crippen molar-refractivity contribution >= 4 is 69.1 Å². The summed E-state index contributed by atoms with van der Waals surface area (Å²) in [4.78, 5) is 35.6. The second kappa shape index (κ2) is 15.2. The molecule has 0 radical (unpaired) electrons. The van der Waals surface area contributed by atoms with Gasteiger partial charge in [-0.2, -0.15) is 0 Å². The van der Waals surface area contributed by atoms with Crippen molar-refractivity contribution in [3.8, 4) is 0 Å². The Balaban J connectivity index is 0.000000162. The molecule has 0 N–H and O–H groups in total. The Hall–Kier alpha value is -3.38. The van der Waals surface area contributed by atoms with E-state index in [4.69, 9.17) is 23.2 Å². The first kappa shape index (κ1) is 37.0. The van der Waals surface area contributed by atoms with Crippen molar-refractivity contribution in [2.75, 3.05) is 62.2 Å². The second-order valence-corrected chi connectivity index (χ2v) is 17.1. The van der Waals surface area contributed by atoms with E-state index >= 15 is 0 Å². The van der Waals surface area contributed by atoms with Crippen LogP contribution >= 0.6 is 45.9 Å². The molecule has 52 heavy (non-hydrogen) atoms. The lowest BCUT2D eigenvalue weighted by molar-refractivity contribution is 0.0974. The molecule has 0 unspecified atom stereocenters. The molecule has 2 fully saturated rings. The van der Waals surface area contributed by atoms with E-state index in [1.807, 2.05) is 17.5 Å². The Morgan fingerprint density at radius 1 is 0.731 bits per heavy atom. The van der Waals surface area contributed by atoms with Crippen molar-refractivity contribution in [2.45, 2.75) is 36.5 Å². The molecule has 2 spiro atoms. The fraction of sp³-hybridized carbons (Fsp3) is 0.350. The Morgan fingerprint density at radius 3 is 1.65 bits per heavy atom. The molecule has 0 bridgehead atoms. The predicted octanol–water partition coefficient (Wildman–Crippen LogP) is 9.44. The van der Waals surface area contributed by atoms with E-state index in [0.717, 1.165) is 87.5 Å². The van der Waals surface area contributed by atoms with Gasteiger partial charge in [-0.1, -0.05) is 35.4 Å². The molecule has 4 aliphatic heterocycles. The lowest BCUT2D eigenvalue weighted by Gasteiger charge is -2.39. The third-order valence-corrected chi connectivity index (χ3v) is 13.6. The fourth-order valence-corrected chi connectivity index (χ4v) is 10.4. The maximum absolute atomic E-state index is 14.0. The third kappa shape index (κ3) is 7.01. The Morgan fingerprint density at radius 2 is 1.23 bits per heavy atom. The molecule has 8 rings (SSSR count). The highest BCUT2D eigenvalue weighted by molar-refractivity contribution is 7.18. The summed E-state index contributed by atoms with van der Waals surface area (Å²) in [5.74, 6) is -0.645. The Labute approximate surface area is 321 Å². The molecular weight excluding hydrogens is 742 g/mol. The smallest absolute Gasteiger partial charge is 0.269 e. The van der Waals surface area contributed by atoms with E-state index in [0.29, 0.717) is 32.2 Å². The molecule has 2 aromatic heterocycles. The summed E-state index contributed by atoms with van der Waals surface area (Å²) in [5, 5.41) is 2.30. The number of likely N-dealkylation sites (tertiary alicyclic amines) is 2. The van der Waals surface area contributed by atoms with Gasteiger partial charge in [0.2, 0.25) is 0 Å².